The number of piperazine rings is 1. The van der Waals surface area contributed by atoms with E-state index in [0.717, 1.165) is 77.5 Å². The lowest BCUT2D eigenvalue weighted by molar-refractivity contribution is 0.0179. The number of aliphatic imine (C=N–C) groups is 1. The minimum absolute atomic E-state index is 0.257. The van der Waals surface area contributed by atoms with Gasteiger partial charge in [0.15, 0.2) is 5.96 Å². The normalized spacial score (nSPS) is 19.1. The molecule has 0 aliphatic carbocycles. The summed E-state index contributed by atoms with van der Waals surface area (Å²) in [4.78, 5) is 21.0. The molecule has 0 spiro atoms. The van der Waals surface area contributed by atoms with Crippen LogP contribution >= 0.6 is 0 Å². The molecule has 1 atom stereocenters. The van der Waals surface area contributed by atoms with E-state index in [2.05, 4.69) is 68.1 Å². The molecule has 3 heterocycles. The number of nitrogens with one attached hydrogen (secondary N) is 1. The van der Waals surface area contributed by atoms with E-state index in [4.69, 9.17) is 9.73 Å². The number of hydrogen-bond donors (Lipinski definition) is 1. The van der Waals surface area contributed by atoms with E-state index in [9.17, 15) is 0 Å². The topological polar surface area (TPSA) is 69.1 Å². The maximum atomic E-state index is 5.60. The van der Waals surface area contributed by atoms with Crippen LogP contribution in [0.5, 0.6) is 0 Å². The minimum atomic E-state index is 0.257. The Bertz CT molecular complexity index is 844. The number of aromatic nitrogens is 2. The molecule has 0 bridgehead atoms. The molecule has 1 N–H and O–H groups in total. The van der Waals surface area contributed by atoms with Gasteiger partial charge >= 0.3 is 0 Å². The third-order valence-corrected chi connectivity index (χ3v) is 6.11. The van der Waals surface area contributed by atoms with Crippen molar-refractivity contribution in [1.29, 1.82) is 0 Å². The molecule has 4 rings (SSSR count). The van der Waals surface area contributed by atoms with Gasteiger partial charge in [-0.15, -0.1) is 0 Å². The van der Waals surface area contributed by atoms with Crippen LogP contribution in [0.25, 0.3) is 0 Å². The fourth-order valence-corrected chi connectivity index (χ4v) is 4.28. The summed E-state index contributed by atoms with van der Waals surface area (Å²) in [7, 11) is 0. The van der Waals surface area contributed by atoms with Crippen LogP contribution in [0.4, 0.5) is 5.95 Å². The Labute approximate surface area is 191 Å². The fourth-order valence-electron chi connectivity index (χ4n) is 4.28. The number of guanidine groups is 1. The average Bonchev–Trinajstić information content (AvgIpc) is 2.86. The van der Waals surface area contributed by atoms with Gasteiger partial charge in [0.2, 0.25) is 5.95 Å². The fraction of sp³-hybridized carbons (Fsp3) is 0.542. The van der Waals surface area contributed by atoms with Crippen molar-refractivity contribution >= 4 is 11.9 Å². The van der Waals surface area contributed by atoms with Crippen molar-refractivity contribution < 1.29 is 4.74 Å². The molecule has 1 aromatic carbocycles. The molecule has 1 aromatic heterocycles. The van der Waals surface area contributed by atoms with Gasteiger partial charge in [0.1, 0.15) is 0 Å². The molecule has 2 fully saturated rings. The lowest BCUT2D eigenvalue weighted by Gasteiger charge is -2.37. The molecule has 2 saturated heterocycles. The van der Waals surface area contributed by atoms with Crippen LogP contribution in [0.1, 0.15) is 24.1 Å². The van der Waals surface area contributed by atoms with Crippen molar-refractivity contribution in [3.63, 3.8) is 0 Å². The van der Waals surface area contributed by atoms with Gasteiger partial charge in [0.05, 0.1) is 25.8 Å². The second-order valence-corrected chi connectivity index (χ2v) is 8.29. The number of hydrogen-bond acceptors (Lipinski definition) is 6. The number of morpholine rings is 1. The van der Waals surface area contributed by atoms with Gasteiger partial charge in [-0.3, -0.25) is 9.89 Å². The van der Waals surface area contributed by atoms with E-state index < -0.39 is 0 Å². The number of ether oxygens (including phenoxy) is 1. The Kier molecular flexibility index (Phi) is 7.90. The average molecular weight is 438 g/mol. The summed E-state index contributed by atoms with van der Waals surface area (Å²) in [6, 6.07) is 11.0. The van der Waals surface area contributed by atoms with Gasteiger partial charge in [-0.1, -0.05) is 29.8 Å². The van der Waals surface area contributed by atoms with Gasteiger partial charge in [0, 0.05) is 58.2 Å². The molecule has 0 amide bonds. The van der Waals surface area contributed by atoms with Gasteiger partial charge < -0.3 is 19.9 Å². The summed E-state index contributed by atoms with van der Waals surface area (Å²) in [6.45, 7) is 12.9. The van der Waals surface area contributed by atoms with Gasteiger partial charge in [-0.25, -0.2) is 9.97 Å². The standard InChI is InChI=1S/C24H35N7O/c1-3-25-23(30-11-13-31(14-12-30)24-26-9-4-10-27-24)28-19-22(29-15-17-32-18-16-29)21-7-5-20(2)6-8-21/h4-10,22H,3,11-19H2,1-2H3,(H,25,28). The Morgan fingerprint density at radius 2 is 1.72 bits per heavy atom. The van der Waals surface area contributed by atoms with Crippen LogP contribution in [0.15, 0.2) is 47.7 Å². The Balaban J connectivity index is 1.46. The molecule has 0 saturated carbocycles. The SMILES string of the molecule is CCNC(=NCC(c1ccc(C)cc1)N1CCOCC1)N1CCN(c2ncccn2)CC1. The van der Waals surface area contributed by atoms with E-state index in [1.807, 2.05) is 6.07 Å². The number of rotatable bonds is 6. The highest BCUT2D eigenvalue weighted by molar-refractivity contribution is 5.80. The van der Waals surface area contributed by atoms with E-state index in [-0.39, 0.29) is 6.04 Å². The monoisotopic (exact) mass is 437 g/mol. The highest BCUT2D eigenvalue weighted by Gasteiger charge is 2.25. The lowest BCUT2D eigenvalue weighted by atomic mass is 10.0. The molecule has 32 heavy (non-hydrogen) atoms. The summed E-state index contributed by atoms with van der Waals surface area (Å²) in [5, 5.41) is 3.51. The molecule has 2 aliphatic heterocycles. The van der Waals surface area contributed by atoms with Crippen molar-refractivity contribution in [3.8, 4) is 0 Å². The second-order valence-electron chi connectivity index (χ2n) is 8.29. The quantitative estimate of drug-likeness (QED) is 0.547. The van der Waals surface area contributed by atoms with Crippen LogP contribution in [0, 0.1) is 6.92 Å². The van der Waals surface area contributed by atoms with Crippen LogP contribution in [-0.2, 0) is 4.74 Å². The van der Waals surface area contributed by atoms with Crippen molar-refractivity contribution in [2.45, 2.75) is 19.9 Å². The highest BCUT2D eigenvalue weighted by atomic mass is 16.5. The first-order valence-electron chi connectivity index (χ1n) is 11.7. The molecule has 8 heteroatoms. The van der Waals surface area contributed by atoms with E-state index >= 15 is 0 Å². The summed E-state index contributed by atoms with van der Waals surface area (Å²) in [6.07, 6.45) is 3.61. The van der Waals surface area contributed by atoms with Crippen molar-refractivity contribution in [3.05, 3.63) is 53.9 Å². The molecular weight excluding hydrogens is 402 g/mol. The first-order valence-corrected chi connectivity index (χ1v) is 11.7. The smallest absolute Gasteiger partial charge is 0.225 e. The van der Waals surface area contributed by atoms with Crippen molar-refractivity contribution in [1.82, 2.24) is 25.1 Å². The summed E-state index contributed by atoms with van der Waals surface area (Å²) in [5.41, 5.74) is 2.61. The van der Waals surface area contributed by atoms with Crippen LogP contribution in [0.2, 0.25) is 0 Å². The second kappa shape index (κ2) is 11.2. The zero-order valence-corrected chi connectivity index (χ0v) is 19.3. The molecule has 0 radical (unpaired) electrons. The zero-order valence-electron chi connectivity index (χ0n) is 19.3. The van der Waals surface area contributed by atoms with Crippen molar-refractivity contribution in [2.24, 2.45) is 4.99 Å². The third-order valence-electron chi connectivity index (χ3n) is 6.11. The molecule has 2 aliphatic rings. The first-order chi connectivity index (χ1) is 15.7. The number of aryl methyl sites for hydroxylation is 1. The summed E-state index contributed by atoms with van der Waals surface area (Å²) < 4.78 is 5.60. The lowest BCUT2D eigenvalue weighted by Crippen LogP contribution is -2.53. The van der Waals surface area contributed by atoms with Crippen LogP contribution < -0.4 is 10.2 Å². The van der Waals surface area contributed by atoms with E-state index in [1.165, 1.54) is 11.1 Å². The molecule has 2 aromatic rings. The van der Waals surface area contributed by atoms with E-state index in [0.29, 0.717) is 0 Å². The van der Waals surface area contributed by atoms with Gasteiger partial charge in [-0.05, 0) is 25.5 Å². The Morgan fingerprint density at radius 1 is 1.03 bits per heavy atom. The largest absolute Gasteiger partial charge is 0.379 e. The highest BCUT2D eigenvalue weighted by Crippen LogP contribution is 2.23. The van der Waals surface area contributed by atoms with Gasteiger partial charge in [0.25, 0.3) is 0 Å². The van der Waals surface area contributed by atoms with Crippen molar-refractivity contribution in [2.75, 3.05) is 70.5 Å². The van der Waals surface area contributed by atoms with E-state index in [1.54, 1.807) is 12.4 Å². The number of nitrogens with zero attached hydrogens (tertiary/aromatic N) is 6. The van der Waals surface area contributed by atoms with Crippen LogP contribution in [0.3, 0.4) is 0 Å². The Hall–Kier alpha value is -2.71. The maximum Gasteiger partial charge on any atom is 0.225 e. The third kappa shape index (κ3) is 5.75. The minimum Gasteiger partial charge on any atom is -0.379 e. The summed E-state index contributed by atoms with van der Waals surface area (Å²) in [5.74, 6) is 1.80. The predicted molar refractivity (Wildman–Crippen MR) is 128 cm³/mol. The molecule has 1 unspecified atom stereocenters. The van der Waals surface area contributed by atoms with Crippen LogP contribution in [-0.4, -0.2) is 91.3 Å². The number of benzene rings is 1. The first kappa shape index (κ1) is 22.5. The summed E-state index contributed by atoms with van der Waals surface area (Å²) >= 11 is 0. The predicted octanol–water partition coefficient (Wildman–Crippen LogP) is 1.95. The molecular formula is C24H35N7O. The zero-order chi connectivity index (χ0) is 22.2. The van der Waals surface area contributed by atoms with Gasteiger partial charge in [-0.2, -0.15) is 0 Å². The Morgan fingerprint density at radius 3 is 2.38 bits per heavy atom. The number of anilines is 1. The molecule has 8 nitrogen and oxygen atoms in total. The molecule has 172 valence electrons. The maximum absolute atomic E-state index is 5.60.